The Balaban J connectivity index is 2.35. The van der Waals surface area contributed by atoms with Gasteiger partial charge in [0.25, 0.3) is 5.69 Å². The molecule has 0 saturated carbocycles. The molecule has 0 spiro atoms. The molecule has 0 aromatic heterocycles. The molecule has 0 saturated heterocycles. The maximum atomic E-state index is 10.7. The van der Waals surface area contributed by atoms with Crippen LogP contribution >= 0.6 is 27.5 Å². The molecule has 0 aliphatic rings. The molecule has 2 rings (SSSR count). The summed E-state index contributed by atoms with van der Waals surface area (Å²) in [7, 11) is 0. The van der Waals surface area contributed by atoms with Gasteiger partial charge in [-0.25, -0.2) is 0 Å². The maximum absolute atomic E-state index is 10.7. The molecule has 0 N–H and O–H groups in total. The fourth-order valence-electron chi connectivity index (χ4n) is 1.73. The number of benzene rings is 2. The van der Waals surface area contributed by atoms with Gasteiger partial charge in [0.15, 0.2) is 0 Å². The van der Waals surface area contributed by atoms with Gasteiger partial charge in [-0.1, -0.05) is 15.9 Å². The van der Waals surface area contributed by atoms with Crippen LogP contribution in [0.3, 0.4) is 0 Å². The Morgan fingerprint density at radius 1 is 1.25 bits per heavy atom. The van der Waals surface area contributed by atoms with Gasteiger partial charge in [0.05, 0.1) is 10.8 Å². The summed E-state index contributed by atoms with van der Waals surface area (Å²) in [5.74, 6) is 1.36. The van der Waals surface area contributed by atoms with Crippen LogP contribution < -0.4 is 4.74 Å². The normalized spacial score (nSPS) is 10.3. The number of halogens is 2. The van der Waals surface area contributed by atoms with E-state index in [0.717, 1.165) is 10.0 Å². The topological polar surface area (TPSA) is 52.4 Å². The molecule has 0 fully saturated rings. The summed E-state index contributed by atoms with van der Waals surface area (Å²) in [6, 6.07) is 10.0. The van der Waals surface area contributed by atoms with Crippen molar-refractivity contribution in [2.24, 2.45) is 0 Å². The van der Waals surface area contributed by atoms with Gasteiger partial charge in [0, 0.05) is 22.2 Å². The quantitative estimate of drug-likeness (QED) is 0.430. The van der Waals surface area contributed by atoms with Crippen molar-refractivity contribution >= 4 is 33.2 Å². The van der Waals surface area contributed by atoms with Crippen molar-refractivity contribution in [1.82, 2.24) is 0 Å². The fourth-order valence-corrected chi connectivity index (χ4v) is 2.41. The van der Waals surface area contributed by atoms with E-state index in [4.69, 9.17) is 16.3 Å². The Hall–Kier alpha value is -1.59. The summed E-state index contributed by atoms with van der Waals surface area (Å²) in [5.41, 5.74) is 1.54. The molecule has 2 aromatic carbocycles. The first kappa shape index (κ1) is 14.8. The molecule has 0 aliphatic heterocycles. The van der Waals surface area contributed by atoms with Crippen molar-refractivity contribution in [3.05, 3.63) is 62.1 Å². The Kier molecular flexibility index (Phi) is 4.62. The van der Waals surface area contributed by atoms with Crippen molar-refractivity contribution in [2.45, 2.75) is 12.8 Å². The first-order valence-corrected chi connectivity index (χ1v) is 7.11. The van der Waals surface area contributed by atoms with E-state index in [2.05, 4.69) is 15.9 Å². The minimum Gasteiger partial charge on any atom is -0.457 e. The number of alkyl halides is 1. The zero-order valence-electron chi connectivity index (χ0n) is 10.6. The Morgan fingerprint density at radius 2 is 1.95 bits per heavy atom. The predicted octanol–water partition coefficient (Wildman–Crippen LogP) is 5.20. The highest BCUT2D eigenvalue weighted by Gasteiger charge is 2.12. The Bertz CT molecular complexity index is 661. The van der Waals surface area contributed by atoms with Crippen molar-refractivity contribution in [2.75, 3.05) is 0 Å². The summed E-state index contributed by atoms with van der Waals surface area (Å²) >= 11 is 9.21. The van der Waals surface area contributed by atoms with Gasteiger partial charge < -0.3 is 4.74 Å². The summed E-state index contributed by atoms with van der Waals surface area (Å²) in [4.78, 5) is 10.3. The van der Waals surface area contributed by atoms with Crippen LogP contribution in [0.25, 0.3) is 0 Å². The minimum atomic E-state index is -0.454. The number of rotatable bonds is 4. The molecular formula is C14H11BrClNO3. The predicted molar refractivity (Wildman–Crippen MR) is 81.6 cm³/mol. The summed E-state index contributed by atoms with van der Waals surface area (Å²) < 4.78 is 6.75. The number of hydrogen-bond acceptors (Lipinski definition) is 3. The second kappa shape index (κ2) is 6.24. The van der Waals surface area contributed by atoms with Crippen LogP contribution in [0.4, 0.5) is 5.69 Å². The van der Waals surface area contributed by atoms with Gasteiger partial charge in [-0.3, -0.25) is 10.1 Å². The third-order valence-electron chi connectivity index (χ3n) is 2.76. The van der Waals surface area contributed by atoms with Crippen LogP contribution in [0.2, 0.25) is 0 Å². The number of non-ortho nitro benzene ring substituents is 1. The van der Waals surface area contributed by atoms with Crippen LogP contribution in [-0.2, 0) is 5.88 Å². The largest absolute Gasteiger partial charge is 0.457 e. The van der Waals surface area contributed by atoms with E-state index in [1.54, 1.807) is 6.07 Å². The highest BCUT2D eigenvalue weighted by atomic mass is 79.9. The van der Waals surface area contributed by atoms with E-state index in [9.17, 15) is 10.1 Å². The maximum Gasteiger partial charge on any atom is 0.270 e. The summed E-state index contributed by atoms with van der Waals surface area (Å²) in [6.45, 7) is 1.92. The van der Waals surface area contributed by atoms with Gasteiger partial charge in [-0.2, -0.15) is 0 Å². The SMILES string of the molecule is Cc1cc(Br)ccc1Oc1ccc([N+](=O)[O-])cc1CCl. The van der Waals surface area contributed by atoms with Crippen LogP contribution in [-0.4, -0.2) is 4.92 Å². The molecule has 0 aliphatic carbocycles. The molecule has 0 atom stereocenters. The molecule has 104 valence electrons. The molecule has 4 nitrogen and oxygen atoms in total. The summed E-state index contributed by atoms with van der Waals surface area (Å²) in [6.07, 6.45) is 0. The zero-order chi connectivity index (χ0) is 14.7. The standard InChI is InChI=1S/C14H11BrClNO3/c1-9-6-11(15)2-4-13(9)20-14-5-3-12(17(18)19)7-10(14)8-16/h2-7H,8H2,1H3. The average molecular weight is 357 g/mol. The molecule has 0 unspecified atom stereocenters. The number of nitro benzene ring substituents is 1. The zero-order valence-corrected chi connectivity index (χ0v) is 12.9. The monoisotopic (exact) mass is 355 g/mol. The highest BCUT2D eigenvalue weighted by molar-refractivity contribution is 9.10. The van der Waals surface area contributed by atoms with Gasteiger partial charge in [0.1, 0.15) is 11.5 Å². The van der Waals surface area contributed by atoms with E-state index >= 15 is 0 Å². The number of aryl methyl sites for hydroxylation is 1. The van der Waals surface area contributed by atoms with Gasteiger partial charge in [0.2, 0.25) is 0 Å². The average Bonchev–Trinajstić information content (AvgIpc) is 2.42. The van der Waals surface area contributed by atoms with Crippen molar-refractivity contribution in [3.63, 3.8) is 0 Å². The lowest BCUT2D eigenvalue weighted by Crippen LogP contribution is -1.94. The third kappa shape index (κ3) is 3.29. The molecule has 0 amide bonds. The molecule has 0 heterocycles. The van der Waals surface area contributed by atoms with E-state index in [0.29, 0.717) is 17.1 Å². The van der Waals surface area contributed by atoms with Crippen molar-refractivity contribution in [3.8, 4) is 11.5 Å². The third-order valence-corrected chi connectivity index (χ3v) is 3.54. The molecule has 0 bridgehead atoms. The van der Waals surface area contributed by atoms with Crippen LogP contribution in [0.15, 0.2) is 40.9 Å². The summed E-state index contributed by atoms with van der Waals surface area (Å²) in [5, 5.41) is 10.7. The second-order valence-corrected chi connectivity index (χ2v) is 5.38. The fraction of sp³-hybridized carbons (Fsp3) is 0.143. The smallest absolute Gasteiger partial charge is 0.270 e. The van der Waals surface area contributed by atoms with Gasteiger partial charge in [-0.05, 0) is 36.8 Å². The number of nitro groups is 1. The highest BCUT2D eigenvalue weighted by Crippen LogP contribution is 2.32. The Labute approximate surface area is 129 Å². The van der Waals surface area contributed by atoms with Gasteiger partial charge >= 0.3 is 0 Å². The number of nitrogens with zero attached hydrogens (tertiary/aromatic N) is 1. The second-order valence-electron chi connectivity index (χ2n) is 4.19. The minimum absolute atomic E-state index is 0.000489. The molecule has 6 heteroatoms. The first-order valence-electron chi connectivity index (χ1n) is 5.78. The van der Waals surface area contributed by atoms with Gasteiger partial charge in [-0.15, -0.1) is 11.6 Å². The first-order chi connectivity index (χ1) is 9.51. The molecule has 20 heavy (non-hydrogen) atoms. The van der Waals surface area contributed by atoms with E-state index < -0.39 is 4.92 Å². The van der Waals surface area contributed by atoms with Crippen LogP contribution in [0.5, 0.6) is 11.5 Å². The molecule has 0 radical (unpaired) electrons. The van der Waals surface area contributed by atoms with Crippen LogP contribution in [0, 0.1) is 17.0 Å². The molecule has 2 aromatic rings. The number of ether oxygens (including phenoxy) is 1. The molecular weight excluding hydrogens is 346 g/mol. The van der Waals surface area contributed by atoms with Crippen molar-refractivity contribution < 1.29 is 9.66 Å². The lowest BCUT2D eigenvalue weighted by molar-refractivity contribution is -0.384. The van der Waals surface area contributed by atoms with E-state index in [1.165, 1.54) is 12.1 Å². The van der Waals surface area contributed by atoms with E-state index in [-0.39, 0.29) is 11.6 Å². The Morgan fingerprint density at radius 3 is 2.55 bits per heavy atom. The lowest BCUT2D eigenvalue weighted by atomic mass is 10.2. The van der Waals surface area contributed by atoms with E-state index in [1.807, 2.05) is 25.1 Å². The lowest BCUT2D eigenvalue weighted by Gasteiger charge is -2.11. The number of hydrogen-bond donors (Lipinski definition) is 0. The van der Waals surface area contributed by atoms with Crippen molar-refractivity contribution in [1.29, 1.82) is 0 Å². The van der Waals surface area contributed by atoms with Crippen LogP contribution in [0.1, 0.15) is 11.1 Å².